The van der Waals surface area contributed by atoms with Crippen LogP contribution in [0.5, 0.6) is 11.5 Å². The number of methoxy groups -OCH3 is 1. The summed E-state index contributed by atoms with van der Waals surface area (Å²) in [6.07, 6.45) is -4.29. The number of hydrogen-bond donors (Lipinski definition) is 1. The summed E-state index contributed by atoms with van der Waals surface area (Å²) in [5, 5.41) is 2.29. The largest absolute Gasteiger partial charge is 0.573 e. The van der Waals surface area contributed by atoms with Gasteiger partial charge in [0.25, 0.3) is 11.5 Å². The van der Waals surface area contributed by atoms with Gasteiger partial charge in [0.2, 0.25) is 0 Å². The molecule has 0 aliphatic heterocycles. The highest BCUT2D eigenvalue weighted by atomic mass is 19.4. The maximum Gasteiger partial charge on any atom is 0.573 e. The Kier molecular flexibility index (Phi) is 6.70. The van der Waals surface area contributed by atoms with E-state index < -0.39 is 46.5 Å². The molecule has 2 aromatic heterocycles. The maximum atomic E-state index is 15.1. The lowest BCUT2D eigenvalue weighted by Gasteiger charge is -2.13. The van der Waals surface area contributed by atoms with E-state index in [1.807, 2.05) is 0 Å². The molecule has 13 heteroatoms. The van der Waals surface area contributed by atoms with Crippen LogP contribution in [0.1, 0.15) is 10.5 Å². The van der Waals surface area contributed by atoms with Crippen LogP contribution >= 0.6 is 0 Å². The molecule has 0 saturated carbocycles. The highest BCUT2D eigenvalue weighted by Crippen LogP contribution is 2.34. The molecular weight excluding hydrogens is 503 g/mol. The molecule has 2 heterocycles. The second kappa shape index (κ2) is 9.76. The molecule has 192 valence electrons. The summed E-state index contributed by atoms with van der Waals surface area (Å²) in [5.41, 5.74) is -2.30. The minimum atomic E-state index is -4.96. The molecule has 0 aliphatic carbocycles. The van der Waals surface area contributed by atoms with E-state index in [4.69, 9.17) is 4.74 Å². The van der Waals surface area contributed by atoms with E-state index >= 15 is 8.78 Å². The molecule has 1 N–H and O–H groups in total. The molecule has 0 spiro atoms. The van der Waals surface area contributed by atoms with Gasteiger partial charge in [0.05, 0.1) is 24.6 Å². The van der Waals surface area contributed by atoms with Gasteiger partial charge in [-0.05, 0) is 24.3 Å². The number of alkyl halides is 3. The minimum Gasteiger partial charge on any atom is -0.497 e. The number of benzene rings is 2. The zero-order valence-electron chi connectivity index (χ0n) is 19.1. The standard InChI is InChI=1S/C24H17F5N4O4/c1-32-21(19-16(25)10-15(36-2)11-17(19)26)20(23(35)33(32)13-6-4-3-5-7-13)31-22(34)18-9-8-14(12-30-18)37-24(27,28)29/h3-12H,1-2H3,(H,31,34). The highest BCUT2D eigenvalue weighted by Gasteiger charge is 2.31. The number of nitrogens with one attached hydrogen (secondary N) is 1. The number of carbonyl (C=O) groups excluding carboxylic acids is 1. The number of ether oxygens (including phenoxy) is 2. The molecule has 37 heavy (non-hydrogen) atoms. The Bertz CT molecular complexity index is 1490. The fourth-order valence-electron chi connectivity index (χ4n) is 3.64. The third-order valence-electron chi connectivity index (χ3n) is 5.20. The van der Waals surface area contributed by atoms with Crippen LogP contribution in [0.2, 0.25) is 0 Å². The molecule has 4 rings (SSSR count). The van der Waals surface area contributed by atoms with Crippen molar-refractivity contribution >= 4 is 11.6 Å². The van der Waals surface area contributed by atoms with Crippen molar-refractivity contribution in [3.63, 3.8) is 0 Å². The van der Waals surface area contributed by atoms with Crippen LogP contribution in [0.15, 0.2) is 65.6 Å². The van der Waals surface area contributed by atoms with Crippen LogP contribution in [0.25, 0.3) is 16.9 Å². The van der Waals surface area contributed by atoms with E-state index in [1.54, 1.807) is 30.3 Å². The summed E-state index contributed by atoms with van der Waals surface area (Å²) in [7, 11) is 2.59. The number of nitrogens with zero attached hydrogens (tertiary/aromatic N) is 3. The first-order valence-corrected chi connectivity index (χ1v) is 10.4. The second-order valence-electron chi connectivity index (χ2n) is 7.55. The summed E-state index contributed by atoms with van der Waals surface area (Å²) in [6.45, 7) is 0. The highest BCUT2D eigenvalue weighted by molar-refractivity contribution is 6.04. The number of anilines is 1. The number of para-hydroxylation sites is 1. The summed E-state index contributed by atoms with van der Waals surface area (Å²) in [4.78, 5) is 29.9. The molecule has 0 atom stereocenters. The van der Waals surface area contributed by atoms with E-state index in [-0.39, 0.29) is 17.1 Å². The summed E-state index contributed by atoms with van der Waals surface area (Å²) < 4.78 is 78.1. The Morgan fingerprint density at radius 3 is 2.19 bits per heavy atom. The fourth-order valence-corrected chi connectivity index (χ4v) is 3.64. The first-order chi connectivity index (χ1) is 17.5. The van der Waals surface area contributed by atoms with Crippen molar-refractivity contribution in [3.05, 3.63) is 88.5 Å². The van der Waals surface area contributed by atoms with Gasteiger partial charge in [0, 0.05) is 19.2 Å². The smallest absolute Gasteiger partial charge is 0.497 e. The number of pyridine rings is 1. The maximum absolute atomic E-state index is 15.1. The Labute approximate surface area is 205 Å². The molecule has 0 radical (unpaired) electrons. The molecule has 4 aromatic rings. The summed E-state index contributed by atoms with van der Waals surface area (Å²) >= 11 is 0. The predicted molar refractivity (Wildman–Crippen MR) is 122 cm³/mol. The van der Waals surface area contributed by atoms with Crippen LogP contribution in [-0.4, -0.2) is 33.7 Å². The van der Waals surface area contributed by atoms with Gasteiger partial charge in [0.15, 0.2) is 0 Å². The van der Waals surface area contributed by atoms with Gasteiger partial charge >= 0.3 is 6.36 Å². The van der Waals surface area contributed by atoms with Gasteiger partial charge in [-0.15, -0.1) is 13.2 Å². The lowest BCUT2D eigenvalue weighted by Crippen LogP contribution is -2.23. The second-order valence-corrected chi connectivity index (χ2v) is 7.55. The molecule has 2 aromatic carbocycles. The summed E-state index contributed by atoms with van der Waals surface area (Å²) in [5.74, 6) is -3.93. The van der Waals surface area contributed by atoms with Gasteiger partial charge in [0.1, 0.15) is 40.2 Å². The molecule has 0 saturated heterocycles. The molecule has 1 amide bonds. The number of hydrogen-bond acceptors (Lipinski definition) is 5. The van der Waals surface area contributed by atoms with Crippen LogP contribution in [0.3, 0.4) is 0 Å². The lowest BCUT2D eigenvalue weighted by atomic mass is 10.1. The number of amides is 1. The fraction of sp³-hybridized carbons (Fsp3) is 0.125. The van der Waals surface area contributed by atoms with Crippen molar-refractivity contribution in [2.75, 3.05) is 12.4 Å². The van der Waals surface area contributed by atoms with Gasteiger partial charge in [-0.25, -0.2) is 18.4 Å². The van der Waals surface area contributed by atoms with Crippen LogP contribution in [0, 0.1) is 11.6 Å². The third-order valence-corrected chi connectivity index (χ3v) is 5.20. The van der Waals surface area contributed by atoms with Crippen molar-refractivity contribution < 1.29 is 36.2 Å². The van der Waals surface area contributed by atoms with Crippen molar-refractivity contribution in [3.8, 4) is 28.4 Å². The van der Waals surface area contributed by atoms with Gasteiger partial charge in [-0.2, -0.15) is 0 Å². The molecule has 0 bridgehead atoms. The SMILES string of the molecule is COc1cc(F)c(-c2c(NC(=O)c3ccc(OC(F)(F)F)cn3)c(=O)n(-c3ccccc3)n2C)c(F)c1. The van der Waals surface area contributed by atoms with Crippen molar-refractivity contribution in [1.29, 1.82) is 0 Å². The zero-order chi connectivity index (χ0) is 26.9. The predicted octanol–water partition coefficient (Wildman–Crippen LogP) is 4.68. The molecular formula is C24H17F5N4O4. The minimum absolute atomic E-state index is 0.109. The number of halogens is 5. The van der Waals surface area contributed by atoms with E-state index in [2.05, 4.69) is 15.0 Å². The van der Waals surface area contributed by atoms with E-state index in [0.717, 1.165) is 33.6 Å². The molecule has 8 nitrogen and oxygen atoms in total. The lowest BCUT2D eigenvalue weighted by molar-refractivity contribution is -0.274. The quantitative estimate of drug-likeness (QED) is 0.374. The Hall–Kier alpha value is -4.68. The average molecular weight is 520 g/mol. The van der Waals surface area contributed by atoms with Crippen LogP contribution in [-0.2, 0) is 7.05 Å². The number of rotatable bonds is 6. The van der Waals surface area contributed by atoms with Crippen LogP contribution in [0.4, 0.5) is 27.6 Å². The monoisotopic (exact) mass is 520 g/mol. The van der Waals surface area contributed by atoms with Gasteiger partial charge in [-0.3, -0.25) is 14.3 Å². The third kappa shape index (κ3) is 5.15. The van der Waals surface area contributed by atoms with Crippen molar-refractivity contribution in [2.45, 2.75) is 6.36 Å². The molecule has 0 aliphatic rings. The van der Waals surface area contributed by atoms with Gasteiger partial charge < -0.3 is 14.8 Å². The topological polar surface area (TPSA) is 87.4 Å². The van der Waals surface area contributed by atoms with Crippen molar-refractivity contribution in [1.82, 2.24) is 14.3 Å². The first kappa shape index (κ1) is 25.4. The number of carbonyl (C=O) groups is 1. The van der Waals surface area contributed by atoms with Crippen LogP contribution < -0.4 is 20.3 Å². The molecule has 0 fully saturated rings. The van der Waals surface area contributed by atoms with Gasteiger partial charge in [-0.1, -0.05) is 18.2 Å². The molecule has 0 unspecified atom stereocenters. The zero-order valence-corrected chi connectivity index (χ0v) is 19.1. The van der Waals surface area contributed by atoms with E-state index in [1.165, 1.54) is 14.2 Å². The van der Waals surface area contributed by atoms with E-state index in [0.29, 0.717) is 11.9 Å². The Balaban J connectivity index is 1.83. The van der Waals surface area contributed by atoms with Crippen molar-refractivity contribution in [2.24, 2.45) is 7.05 Å². The normalized spacial score (nSPS) is 11.3. The van der Waals surface area contributed by atoms with E-state index in [9.17, 15) is 22.8 Å². The number of aromatic nitrogens is 3. The Morgan fingerprint density at radius 2 is 1.65 bits per heavy atom. The first-order valence-electron chi connectivity index (χ1n) is 10.4. The summed E-state index contributed by atoms with van der Waals surface area (Å²) in [6, 6.07) is 11.7. The average Bonchev–Trinajstić information content (AvgIpc) is 3.07. The Morgan fingerprint density at radius 1 is 1.00 bits per heavy atom.